The zero-order chi connectivity index (χ0) is 19.1. The maximum Gasteiger partial charge on any atom is 0.306 e. The lowest BCUT2D eigenvalue weighted by Gasteiger charge is -2.38. The van der Waals surface area contributed by atoms with Crippen molar-refractivity contribution >= 4 is 17.3 Å². The lowest BCUT2D eigenvalue weighted by molar-refractivity contribution is -0.141. The standard InChI is InChI=1S/C21H34N2O3/c1-5-16(13-21(24)25-4)17-6-7-20(19(22)12-17)23(14-15(2)3)18-8-10-26-11-9-18/h6-7,12,15-16,18H,5,8-11,13-14,22H2,1-4H3/t16-/m1/s1. The average Bonchev–Trinajstić information content (AvgIpc) is 2.64. The van der Waals surface area contributed by atoms with E-state index in [1.807, 2.05) is 6.07 Å². The van der Waals surface area contributed by atoms with Gasteiger partial charge in [-0.3, -0.25) is 4.79 Å². The van der Waals surface area contributed by atoms with Crippen LogP contribution in [0.4, 0.5) is 11.4 Å². The fourth-order valence-corrected chi connectivity index (χ4v) is 3.71. The van der Waals surface area contributed by atoms with Crippen molar-refractivity contribution in [3.8, 4) is 0 Å². The molecule has 26 heavy (non-hydrogen) atoms. The molecule has 0 unspecified atom stereocenters. The minimum atomic E-state index is -0.178. The third-order valence-electron chi connectivity index (χ3n) is 5.16. The number of esters is 1. The molecule has 0 radical (unpaired) electrons. The smallest absolute Gasteiger partial charge is 0.306 e. The van der Waals surface area contributed by atoms with Crippen molar-refractivity contribution in [2.75, 3.05) is 37.5 Å². The van der Waals surface area contributed by atoms with Gasteiger partial charge in [0.15, 0.2) is 0 Å². The second kappa shape index (κ2) is 9.81. The van der Waals surface area contributed by atoms with Gasteiger partial charge in [0, 0.05) is 25.8 Å². The van der Waals surface area contributed by atoms with Crippen LogP contribution < -0.4 is 10.6 Å². The normalized spacial score (nSPS) is 16.5. The summed E-state index contributed by atoms with van der Waals surface area (Å²) < 4.78 is 10.4. The first kappa shape index (κ1) is 20.6. The number of carbonyl (C=O) groups is 1. The zero-order valence-electron chi connectivity index (χ0n) is 16.7. The number of hydrogen-bond acceptors (Lipinski definition) is 5. The summed E-state index contributed by atoms with van der Waals surface area (Å²) in [6.07, 6.45) is 3.34. The Morgan fingerprint density at radius 1 is 1.35 bits per heavy atom. The van der Waals surface area contributed by atoms with Gasteiger partial charge in [-0.25, -0.2) is 0 Å². The van der Waals surface area contributed by atoms with Gasteiger partial charge in [0.25, 0.3) is 0 Å². The van der Waals surface area contributed by atoms with Gasteiger partial charge in [0.05, 0.1) is 24.9 Å². The molecule has 1 aliphatic heterocycles. The lowest BCUT2D eigenvalue weighted by Crippen LogP contribution is -2.42. The summed E-state index contributed by atoms with van der Waals surface area (Å²) in [6.45, 7) is 9.17. The van der Waals surface area contributed by atoms with Crippen molar-refractivity contribution in [3.63, 3.8) is 0 Å². The molecule has 1 aromatic rings. The first-order valence-electron chi connectivity index (χ1n) is 9.76. The van der Waals surface area contributed by atoms with Crippen LogP contribution in [0.1, 0.15) is 57.9 Å². The molecule has 5 heteroatoms. The van der Waals surface area contributed by atoms with Crippen molar-refractivity contribution in [3.05, 3.63) is 23.8 Å². The molecule has 1 heterocycles. The average molecular weight is 363 g/mol. The van der Waals surface area contributed by atoms with E-state index in [2.05, 4.69) is 37.8 Å². The maximum atomic E-state index is 11.7. The number of carbonyl (C=O) groups excluding carboxylic acids is 1. The summed E-state index contributed by atoms with van der Waals surface area (Å²) in [5.41, 5.74) is 9.47. The molecular weight excluding hydrogens is 328 g/mol. The highest BCUT2D eigenvalue weighted by Crippen LogP contribution is 2.33. The van der Waals surface area contributed by atoms with E-state index < -0.39 is 0 Å². The van der Waals surface area contributed by atoms with Gasteiger partial charge in [-0.15, -0.1) is 0 Å². The predicted octanol–water partition coefficient (Wildman–Crippen LogP) is 3.97. The number of nitrogen functional groups attached to an aromatic ring is 1. The van der Waals surface area contributed by atoms with Crippen LogP contribution in [0.2, 0.25) is 0 Å². The van der Waals surface area contributed by atoms with Crippen LogP contribution in [0.3, 0.4) is 0 Å². The van der Waals surface area contributed by atoms with E-state index in [1.165, 1.54) is 7.11 Å². The van der Waals surface area contributed by atoms with Gasteiger partial charge in [-0.05, 0) is 48.8 Å². The summed E-state index contributed by atoms with van der Waals surface area (Å²) >= 11 is 0. The Labute approximate surface area is 157 Å². The van der Waals surface area contributed by atoms with E-state index >= 15 is 0 Å². The number of nitrogens with two attached hydrogens (primary N) is 1. The molecule has 5 nitrogen and oxygen atoms in total. The molecule has 146 valence electrons. The van der Waals surface area contributed by atoms with Crippen LogP contribution in [0.5, 0.6) is 0 Å². The topological polar surface area (TPSA) is 64.8 Å². The molecule has 0 aromatic heterocycles. The minimum Gasteiger partial charge on any atom is -0.469 e. The third-order valence-corrected chi connectivity index (χ3v) is 5.16. The van der Waals surface area contributed by atoms with Gasteiger partial charge in [-0.1, -0.05) is 26.8 Å². The van der Waals surface area contributed by atoms with Gasteiger partial charge >= 0.3 is 5.97 Å². The summed E-state index contributed by atoms with van der Waals surface area (Å²) in [6, 6.07) is 6.76. The Morgan fingerprint density at radius 3 is 2.58 bits per heavy atom. The molecule has 2 N–H and O–H groups in total. The second-order valence-electron chi connectivity index (χ2n) is 7.59. The van der Waals surface area contributed by atoms with E-state index in [0.717, 1.165) is 56.0 Å². The summed E-state index contributed by atoms with van der Waals surface area (Å²) in [5.74, 6) is 0.517. The van der Waals surface area contributed by atoms with Crippen LogP contribution in [-0.4, -0.2) is 38.9 Å². The third kappa shape index (κ3) is 5.37. The first-order valence-corrected chi connectivity index (χ1v) is 9.76. The molecule has 1 aliphatic rings. The van der Waals surface area contributed by atoms with E-state index in [4.69, 9.17) is 15.2 Å². The Bertz CT molecular complexity index is 583. The fraction of sp³-hybridized carbons (Fsp3) is 0.667. The minimum absolute atomic E-state index is 0.139. The first-order chi connectivity index (χ1) is 12.5. The van der Waals surface area contributed by atoms with Crippen molar-refractivity contribution < 1.29 is 14.3 Å². The predicted molar refractivity (Wildman–Crippen MR) is 107 cm³/mol. The summed E-state index contributed by atoms with van der Waals surface area (Å²) in [5, 5.41) is 0. The monoisotopic (exact) mass is 362 g/mol. The van der Waals surface area contributed by atoms with Crippen molar-refractivity contribution in [2.45, 2.75) is 58.4 Å². The fourth-order valence-electron chi connectivity index (χ4n) is 3.71. The van der Waals surface area contributed by atoms with E-state index in [9.17, 15) is 4.79 Å². The van der Waals surface area contributed by atoms with E-state index in [-0.39, 0.29) is 11.9 Å². The number of hydrogen-bond donors (Lipinski definition) is 1. The van der Waals surface area contributed by atoms with Gasteiger partial charge in [0.2, 0.25) is 0 Å². The molecule has 1 saturated heterocycles. The Balaban J connectivity index is 2.25. The molecule has 1 aromatic carbocycles. The number of anilines is 2. The van der Waals surface area contributed by atoms with Crippen molar-refractivity contribution in [1.29, 1.82) is 0 Å². The van der Waals surface area contributed by atoms with Gasteiger partial charge < -0.3 is 20.1 Å². The molecule has 1 fully saturated rings. The molecule has 1 atom stereocenters. The number of nitrogens with zero attached hydrogens (tertiary/aromatic N) is 1. The van der Waals surface area contributed by atoms with E-state index in [1.54, 1.807) is 0 Å². The molecule has 0 spiro atoms. The number of rotatable bonds is 8. The number of methoxy groups -OCH3 is 1. The molecule has 0 amide bonds. The lowest BCUT2D eigenvalue weighted by atomic mass is 9.92. The molecule has 2 rings (SSSR count). The van der Waals surface area contributed by atoms with Crippen molar-refractivity contribution in [1.82, 2.24) is 0 Å². The zero-order valence-corrected chi connectivity index (χ0v) is 16.7. The number of ether oxygens (including phenoxy) is 2. The molecule has 0 bridgehead atoms. The quantitative estimate of drug-likeness (QED) is 0.560. The number of benzene rings is 1. The summed E-state index contributed by atoms with van der Waals surface area (Å²) in [7, 11) is 1.43. The molecule has 0 saturated carbocycles. The van der Waals surface area contributed by atoms with Crippen LogP contribution >= 0.6 is 0 Å². The van der Waals surface area contributed by atoms with Crippen LogP contribution in [0, 0.1) is 5.92 Å². The summed E-state index contributed by atoms with van der Waals surface area (Å²) in [4.78, 5) is 14.1. The maximum absolute atomic E-state index is 11.7. The van der Waals surface area contributed by atoms with Crippen molar-refractivity contribution in [2.24, 2.45) is 5.92 Å². The van der Waals surface area contributed by atoms with Gasteiger partial charge in [0.1, 0.15) is 0 Å². The largest absolute Gasteiger partial charge is 0.469 e. The van der Waals surface area contributed by atoms with E-state index in [0.29, 0.717) is 18.4 Å². The van der Waals surface area contributed by atoms with Crippen LogP contribution in [0.25, 0.3) is 0 Å². The Morgan fingerprint density at radius 2 is 2.04 bits per heavy atom. The highest BCUT2D eigenvalue weighted by Gasteiger charge is 2.25. The molecular formula is C21H34N2O3. The highest BCUT2D eigenvalue weighted by atomic mass is 16.5. The highest BCUT2D eigenvalue weighted by molar-refractivity contribution is 5.72. The van der Waals surface area contributed by atoms with Crippen LogP contribution in [0.15, 0.2) is 18.2 Å². The second-order valence-corrected chi connectivity index (χ2v) is 7.59. The molecule has 0 aliphatic carbocycles. The Kier molecular flexibility index (Phi) is 7.76. The SMILES string of the molecule is CC[C@H](CC(=O)OC)c1ccc(N(CC(C)C)C2CCOCC2)c(N)c1. The van der Waals surface area contributed by atoms with Crippen LogP contribution in [-0.2, 0) is 14.3 Å². The Hall–Kier alpha value is -1.75. The van der Waals surface area contributed by atoms with Gasteiger partial charge in [-0.2, -0.15) is 0 Å².